The van der Waals surface area contributed by atoms with Gasteiger partial charge in [-0.1, -0.05) is 23.7 Å². The number of anilines is 1. The van der Waals surface area contributed by atoms with Crippen molar-refractivity contribution < 1.29 is 4.74 Å². The molecule has 0 spiro atoms. The van der Waals surface area contributed by atoms with Crippen LogP contribution in [0.4, 0.5) is 5.69 Å². The van der Waals surface area contributed by atoms with Crippen LogP contribution in [0.15, 0.2) is 48.7 Å². The Balaban J connectivity index is 2.09. The van der Waals surface area contributed by atoms with Gasteiger partial charge in [-0.3, -0.25) is 4.98 Å². The maximum atomic E-state index is 6.04. The Morgan fingerprint density at radius 2 is 1.95 bits per heavy atom. The first-order valence-electron chi connectivity index (χ1n) is 6.22. The third kappa shape index (κ3) is 2.28. The van der Waals surface area contributed by atoms with Gasteiger partial charge >= 0.3 is 0 Å². The van der Waals surface area contributed by atoms with E-state index in [1.807, 2.05) is 49.4 Å². The van der Waals surface area contributed by atoms with E-state index in [0.29, 0.717) is 22.2 Å². The average Bonchev–Trinajstić information content (AvgIpc) is 2.44. The minimum atomic E-state index is 0.645. The fourth-order valence-corrected chi connectivity index (χ4v) is 2.21. The highest BCUT2D eigenvalue weighted by Crippen LogP contribution is 2.33. The lowest BCUT2D eigenvalue weighted by Crippen LogP contribution is -1.95. The molecule has 0 aliphatic heterocycles. The summed E-state index contributed by atoms with van der Waals surface area (Å²) in [6, 6.07) is 13.1. The van der Waals surface area contributed by atoms with Crippen molar-refractivity contribution in [1.29, 1.82) is 0 Å². The van der Waals surface area contributed by atoms with Crippen molar-refractivity contribution in [2.45, 2.75) is 6.92 Å². The molecule has 0 amide bonds. The number of nitrogen functional groups attached to an aromatic ring is 1. The van der Waals surface area contributed by atoms with Crippen LogP contribution in [-0.4, -0.2) is 4.98 Å². The second-order valence-electron chi connectivity index (χ2n) is 4.56. The zero-order valence-electron chi connectivity index (χ0n) is 10.9. The molecule has 0 bridgehead atoms. The van der Waals surface area contributed by atoms with E-state index in [4.69, 9.17) is 22.1 Å². The number of benzene rings is 2. The number of hydrogen-bond acceptors (Lipinski definition) is 3. The topological polar surface area (TPSA) is 48.1 Å². The molecule has 4 heteroatoms. The highest BCUT2D eigenvalue weighted by atomic mass is 35.5. The third-order valence-electron chi connectivity index (χ3n) is 3.17. The van der Waals surface area contributed by atoms with Crippen LogP contribution >= 0.6 is 11.6 Å². The first-order chi connectivity index (χ1) is 9.65. The summed E-state index contributed by atoms with van der Waals surface area (Å²) in [7, 11) is 0. The zero-order valence-corrected chi connectivity index (χ0v) is 11.7. The second-order valence-corrected chi connectivity index (χ2v) is 5.00. The Morgan fingerprint density at radius 1 is 1.10 bits per heavy atom. The summed E-state index contributed by atoms with van der Waals surface area (Å²) >= 11 is 5.98. The normalized spacial score (nSPS) is 10.7. The highest BCUT2D eigenvalue weighted by molar-refractivity contribution is 6.31. The van der Waals surface area contributed by atoms with E-state index in [-0.39, 0.29) is 0 Å². The van der Waals surface area contributed by atoms with Crippen LogP contribution in [0, 0.1) is 6.92 Å². The van der Waals surface area contributed by atoms with E-state index >= 15 is 0 Å². The van der Waals surface area contributed by atoms with Crippen molar-refractivity contribution in [2.75, 3.05) is 5.73 Å². The van der Waals surface area contributed by atoms with E-state index in [0.717, 1.165) is 16.5 Å². The Hall–Kier alpha value is -2.26. The molecule has 1 aromatic heterocycles. The third-order valence-corrected chi connectivity index (χ3v) is 3.40. The van der Waals surface area contributed by atoms with Gasteiger partial charge in [0.15, 0.2) is 5.75 Å². The molecule has 100 valence electrons. The van der Waals surface area contributed by atoms with Crippen molar-refractivity contribution in [1.82, 2.24) is 4.98 Å². The molecule has 2 N–H and O–H groups in total. The van der Waals surface area contributed by atoms with Crippen LogP contribution in [0.2, 0.25) is 5.02 Å². The van der Waals surface area contributed by atoms with E-state index in [1.54, 1.807) is 6.20 Å². The summed E-state index contributed by atoms with van der Waals surface area (Å²) < 4.78 is 5.94. The summed E-state index contributed by atoms with van der Waals surface area (Å²) in [5.41, 5.74) is 8.46. The molecule has 0 saturated carbocycles. The number of fused-ring (bicyclic) bond motifs is 1. The van der Waals surface area contributed by atoms with E-state index in [1.165, 1.54) is 0 Å². The fraction of sp³-hybridized carbons (Fsp3) is 0.0625. The molecular formula is C16H13ClN2O. The molecular weight excluding hydrogens is 272 g/mol. The van der Waals surface area contributed by atoms with Crippen LogP contribution in [0.1, 0.15) is 5.56 Å². The van der Waals surface area contributed by atoms with Crippen LogP contribution in [-0.2, 0) is 0 Å². The summed E-state index contributed by atoms with van der Waals surface area (Å²) in [6.45, 7) is 1.95. The van der Waals surface area contributed by atoms with Gasteiger partial charge in [-0.05, 0) is 42.8 Å². The largest absolute Gasteiger partial charge is 0.454 e. The van der Waals surface area contributed by atoms with E-state index in [2.05, 4.69) is 4.98 Å². The number of nitrogens with zero attached hydrogens (tertiary/aromatic N) is 1. The van der Waals surface area contributed by atoms with Gasteiger partial charge in [0.1, 0.15) is 5.75 Å². The number of nitrogens with two attached hydrogens (primary N) is 1. The number of halogens is 1. The lowest BCUT2D eigenvalue weighted by molar-refractivity contribution is 0.490. The minimum absolute atomic E-state index is 0.645. The summed E-state index contributed by atoms with van der Waals surface area (Å²) in [6.07, 6.45) is 1.69. The standard InChI is InChI=1S/C16H13ClN2O/c1-10-3-2-4-15(16(10)18)20-14-7-8-19-13-9-11(17)5-6-12(13)14/h2-9H,18H2,1H3. The van der Waals surface area contributed by atoms with Gasteiger partial charge in [-0.2, -0.15) is 0 Å². The van der Waals surface area contributed by atoms with Crippen LogP contribution in [0.25, 0.3) is 10.9 Å². The number of para-hydroxylation sites is 1. The van der Waals surface area contributed by atoms with E-state index in [9.17, 15) is 0 Å². The molecule has 20 heavy (non-hydrogen) atoms. The van der Waals surface area contributed by atoms with E-state index < -0.39 is 0 Å². The molecule has 1 heterocycles. The average molecular weight is 285 g/mol. The monoisotopic (exact) mass is 284 g/mol. The predicted molar refractivity (Wildman–Crippen MR) is 82.4 cm³/mol. The van der Waals surface area contributed by atoms with Gasteiger partial charge in [0.25, 0.3) is 0 Å². The molecule has 3 rings (SSSR count). The van der Waals surface area contributed by atoms with Crippen molar-refractivity contribution in [3.8, 4) is 11.5 Å². The molecule has 0 aliphatic rings. The molecule has 0 aliphatic carbocycles. The molecule has 0 radical (unpaired) electrons. The highest BCUT2D eigenvalue weighted by Gasteiger charge is 2.08. The number of ether oxygens (including phenoxy) is 1. The number of aryl methyl sites for hydroxylation is 1. The molecule has 2 aromatic carbocycles. The van der Waals surface area contributed by atoms with Crippen LogP contribution < -0.4 is 10.5 Å². The SMILES string of the molecule is Cc1cccc(Oc2ccnc3cc(Cl)ccc23)c1N. The van der Waals surface area contributed by atoms with Gasteiger partial charge in [-0.25, -0.2) is 0 Å². The molecule has 0 atom stereocenters. The Bertz CT molecular complexity index is 787. The van der Waals surface area contributed by atoms with Gasteiger partial charge in [0, 0.05) is 16.6 Å². The number of rotatable bonds is 2. The van der Waals surface area contributed by atoms with Crippen molar-refractivity contribution in [2.24, 2.45) is 0 Å². The molecule has 3 aromatic rings. The quantitative estimate of drug-likeness (QED) is 0.701. The van der Waals surface area contributed by atoms with Crippen molar-refractivity contribution in [3.05, 3.63) is 59.2 Å². The van der Waals surface area contributed by atoms with Gasteiger partial charge in [-0.15, -0.1) is 0 Å². The Kier molecular flexibility index (Phi) is 3.20. The van der Waals surface area contributed by atoms with Crippen molar-refractivity contribution in [3.63, 3.8) is 0 Å². The summed E-state index contributed by atoms with van der Waals surface area (Å²) in [4.78, 5) is 4.29. The summed E-state index contributed by atoms with van der Waals surface area (Å²) in [5, 5.41) is 1.55. The number of aromatic nitrogens is 1. The Labute approximate surface area is 122 Å². The fourth-order valence-electron chi connectivity index (χ4n) is 2.05. The minimum Gasteiger partial charge on any atom is -0.454 e. The smallest absolute Gasteiger partial charge is 0.150 e. The van der Waals surface area contributed by atoms with Crippen molar-refractivity contribution >= 4 is 28.2 Å². The first-order valence-corrected chi connectivity index (χ1v) is 6.60. The lowest BCUT2D eigenvalue weighted by atomic mass is 10.2. The zero-order chi connectivity index (χ0) is 14.1. The maximum Gasteiger partial charge on any atom is 0.150 e. The second kappa shape index (κ2) is 5.02. The lowest BCUT2D eigenvalue weighted by Gasteiger charge is -2.12. The maximum absolute atomic E-state index is 6.04. The van der Waals surface area contributed by atoms with Gasteiger partial charge in [0.2, 0.25) is 0 Å². The molecule has 0 saturated heterocycles. The molecule has 3 nitrogen and oxygen atoms in total. The predicted octanol–water partition coefficient (Wildman–Crippen LogP) is 4.57. The first kappa shape index (κ1) is 12.8. The number of hydrogen-bond donors (Lipinski definition) is 1. The number of pyridine rings is 1. The van der Waals surface area contributed by atoms with Gasteiger partial charge in [0.05, 0.1) is 11.2 Å². The van der Waals surface area contributed by atoms with Gasteiger partial charge < -0.3 is 10.5 Å². The van der Waals surface area contributed by atoms with Crippen LogP contribution in [0.3, 0.4) is 0 Å². The van der Waals surface area contributed by atoms with Crippen LogP contribution in [0.5, 0.6) is 11.5 Å². The molecule has 0 fully saturated rings. The Morgan fingerprint density at radius 3 is 2.80 bits per heavy atom. The summed E-state index contributed by atoms with van der Waals surface area (Å²) in [5.74, 6) is 1.36. The molecule has 0 unspecified atom stereocenters.